The van der Waals surface area contributed by atoms with Crippen LogP contribution in [0.2, 0.25) is 5.02 Å². The second kappa shape index (κ2) is 9.36. The Morgan fingerprint density at radius 2 is 1.88 bits per heavy atom. The second-order valence-corrected chi connectivity index (χ2v) is 6.74. The van der Waals surface area contributed by atoms with E-state index in [2.05, 4.69) is 5.32 Å². The van der Waals surface area contributed by atoms with E-state index in [9.17, 15) is 14.7 Å². The van der Waals surface area contributed by atoms with Crippen LogP contribution in [0.3, 0.4) is 0 Å². The van der Waals surface area contributed by atoms with Gasteiger partial charge in [-0.3, -0.25) is 9.59 Å². The minimum atomic E-state index is -0.214. The first-order chi connectivity index (χ1) is 12.4. The van der Waals surface area contributed by atoms with Gasteiger partial charge in [0.2, 0.25) is 5.91 Å². The summed E-state index contributed by atoms with van der Waals surface area (Å²) in [7, 11) is 0. The van der Waals surface area contributed by atoms with Crippen molar-refractivity contribution in [3.8, 4) is 0 Å². The summed E-state index contributed by atoms with van der Waals surface area (Å²) in [6.45, 7) is 4.12. The highest BCUT2D eigenvalue weighted by Gasteiger charge is 2.21. The number of nitrogens with one attached hydrogen (secondary N) is 1. The van der Waals surface area contributed by atoms with Gasteiger partial charge in [0, 0.05) is 32.3 Å². The minimum absolute atomic E-state index is 0.00618. The normalized spacial score (nSPS) is 11.7. The fourth-order valence-electron chi connectivity index (χ4n) is 2.60. The minimum Gasteiger partial charge on any atom is -0.396 e. The summed E-state index contributed by atoms with van der Waals surface area (Å²) in [6.07, 6.45) is 0. The van der Waals surface area contributed by atoms with Crippen LogP contribution in [0.15, 0.2) is 48.5 Å². The largest absolute Gasteiger partial charge is 0.396 e. The third-order valence-electron chi connectivity index (χ3n) is 3.87. The Bertz CT molecular complexity index is 765. The summed E-state index contributed by atoms with van der Waals surface area (Å²) in [6, 6.07) is 14.5. The first-order valence-electron chi connectivity index (χ1n) is 8.42. The fraction of sp³-hybridized carbons (Fsp3) is 0.300. The average molecular weight is 375 g/mol. The summed E-state index contributed by atoms with van der Waals surface area (Å²) in [4.78, 5) is 25.9. The Balaban J connectivity index is 2.25. The summed E-state index contributed by atoms with van der Waals surface area (Å²) >= 11 is 6.28. The summed E-state index contributed by atoms with van der Waals surface area (Å²) in [5.41, 5.74) is 1.90. The molecule has 138 valence electrons. The second-order valence-electron chi connectivity index (χ2n) is 6.33. The standard InChI is InChI=1S/C20H23ClN2O3/c1-14(13-24)11-23(12-16-6-4-3-5-7-16)20(26)18-9-8-17(10-19(18)21)22-15(2)25/h3-10,14,24H,11-13H2,1-2H3,(H,22,25). The van der Waals surface area contributed by atoms with Crippen molar-refractivity contribution in [2.24, 2.45) is 5.92 Å². The van der Waals surface area contributed by atoms with Crippen molar-refractivity contribution in [1.29, 1.82) is 0 Å². The monoisotopic (exact) mass is 374 g/mol. The number of halogens is 1. The van der Waals surface area contributed by atoms with Crippen molar-refractivity contribution in [3.63, 3.8) is 0 Å². The number of aliphatic hydroxyl groups excluding tert-OH is 1. The van der Waals surface area contributed by atoms with E-state index in [1.165, 1.54) is 6.92 Å². The molecule has 0 saturated heterocycles. The van der Waals surface area contributed by atoms with E-state index in [0.717, 1.165) is 5.56 Å². The van der Waals surface area contributed by atoms with Gasteiger partial charge in [-0.25, -0.2) is 0 Å². The van der Waals surface area contributed by atoms with Crippen LogP contribution in [0.1, 0.15) is 29.8 Å². The number of benzene rings is 2. The Morgan fingerprint density at radius 1 is 1.19 bits per heavy atom. The molecule has 1 atom stereocenters. The maximum absolute atomic E-state index is 13.0. The lowest BCUT2D eigenvalue weighted by Gasteiger charge is -2.26. The predicted molar refractivity (Wildman–Crippen MR) is 103 cm³/mol. The number of carbonyl (C=O) groups is 2. The number of aliphatic hydroxyl groups is 1. The molecular formula is C20H23ClN2O3. The van der Waals surface area contributed by atoms with Crippen molar-refractivity contribution in [3.05, 3.63) is 64.7 Å². The number of hydrogen-bond acceptors (Lipinski definition) is 3. The van der Waals surface area contributed by atoms with Gasteiger partial charge in [-0.05, 0) is 29.7 Å². The van der Waals surface area contributed by atoms with E-state index >= 15 is 0 Å². The van der Waals surface area contributed by atoms with Crippen molar-refractivity contribution in [2.75, 3.05) is 18.5 Å². The topological polar surface area (TPSA) is 69.6 Å². The third-order valence-corrected chi connectivity index (χ3v) is 4.18. The number of carbonyl (C=O) groups excluding carboxylic acids is 2. The molecule has 0 saturated carbocycles. The van der Waals surface area contributed by atoms with Gasteiger partial charge in [0.05, 0.1) is 10.6 Å². The van der Waals surface area contributed by atoms with Gasteiger partial charge >= 0.3 is 0 Å². The average Bonchev–Trinajstić information content (AvgIpc) is 2.61. The van der Waals surface area contributed by atoms with Crippen LogP contribution >= 0.6 is 11.6 Å². The van der Waals surface area contributed by atoms with Crippen LogP contribution in [0.25, 0.3) is 0 Å². The summed E-state index contributed by atoms with van der Waals surface area (Å²) < 4.78 is 0. The first-order valence-corrected chi connectivity index (χ1v) is 8.79. The molecule has 0 aromatic heterocycles. The Morgan fingerprint density at radius 3 is 2.46 bits per heavy atom. The van der Waals surface area contributed by atoms with Crippen molar-refractivity contribution in [2.45, 2.75) is 20.4 Å². The Hall–Kier alpha value is -2.37. The molecule has 0 bridgehead atoms. The summed E-state index contributed by atoms with van der Waals surface area (Å²) in [5, 5.41) is 12.3. The van der Waals surface area contributed by atoms with Crippen LogP contribution < -0.4 is 5.32 Å². The molecule has 2 amide bonds. The quantitative estimate of drug-likeness (QED) is 0.778. The van der Waals surface area contributed by atoms with Gasteiger partial charge in [-0.1, -0.05) is 48.9 Å². The molecule has 5 nitrogen and oxygen atoms in total. The molecule has 6 heteroatoms. The molecule has 2 N–H and O–H groups in total. The first kappa shape index (κ1) is 19.9. The number of rotatable bonds is 7. The third kappa shape index (κ3) is 5.58. The maximum Gasteiger partial charge on any atom is 0.255 e. The predicted octanol–water partition coefficient (Wildman–Crippen LogP) is 3.57. The van der Waals surface area contributed by atoms with E-state index in [1.54, 1.807) is 23.1 Å². The van der Waals surface area contributed by atoms with E-state index in [4.69, 9.17) is 11.6 Å². The molecule has 0 fully saturated rings. The number of hydrogen-bond donors (Lipinski definition) is 2. The van der Waals surface area contributed by atoms with E-state index in [-0.39, 0.29) is 29.4 Å². The number of amides is 2. The molecule has 2 rings (SSSR count). The van der Waals surface area contributed by atoms with Crippen LogP contribution in [0.5, 0.6) is 0 Å². The lowest BCUT2D eigenvalue weighted by atomic mass is 10.1. The van der Waals surface area contributed by atoms with E-state index in [1.807, 2.05) is 37.3 Å². The number of nitrogens with zero attached hydrogens (tertiary/aromatic N) is 1. The van der Waals surface area contributed by atoms with Crippen molar-refractivity contribution >= 4 is 29.1 Å². The molecule has 1 unspecified atom stereocenters. The Labute approximate surface area is 158 Å². The lowest BCUT2D eigenvalue weighted by Crippen LogP contribution is -2.35. The highest BCUT2D eigenvalue weighted by Crippen LogP contribution is 2.23. The highest BCUT2D eigenvalue weighted by molar-refractivity contribution is 6.34. The zero-order valence-corrected chi connectivity index (χ0v) is 15.7. The van der Waals surface area contributed by atoms with Crippen molar-refractivity contribution in [1.82, 2.24) is 4.90 Å². The van der Waals surface area contributed by atoms with Gasteiger partial charge in [-0.2, -0.15) is 0 Å². The van der Waals surface area contributed by atoms with Crippen LogP contribution in [0.4, 0.5) is 5.69 Å². The van der Waals surface area contributed by atoms with Crippen LogP contribution in [-0.2, 0) is 11.3 Å². The van der Waals surface area contributed by atoms with Crippen LogP contribution in [-0.4, -0.2) is 35.0 Å². The molecule has 26 heavy (non-hydrogen) atoms. The molecular weight excluding hydrogens is 352 g/mol. The van der Waals surface area contributed by atoms with Gasteiger partial charge in [-0.15, -0.1) is 0 Å². The van der Waals surface area contributed by atoms with Crippen molar-refractivity contribution < 1.29 is 14.7 Å². The lowest BCUT2D eigenvalue weighted by molar-refractivity contribution is -0.114. The molecule has 0 aliphatic carbocycles. The number of anilines is 1. The van der Waals surface area contributed by atoms with Crippen LogP contribution in [0, 0.1) is 5.92 Å². The molecule has 0 heterocycles. The molecule has 0 spiro atoms. The van der Waals surface area contributed by atoms with Gasteiger partial charge < -0.3 is 15.3 Å². The molecule has 0 radical (unpaired) electrons. The zero-order chi connectivity index (χ0) is 19.1. The molecule has 2 aromatic carbocycles. The molecule has 0 aliphatic heterocycles. The Kier molecular flexibility index (Phi) is 7.18. The smallest absolute Gasteiger partial charge is 0.255 e. The molecule has 2 aromatic rings. The highest BCUT2D eigenvalue weighted by atomic mass is 35.5. The van der Waals surface area contributed by atoms with Gasteiger partial charge in [0.15, 0.2) is 0 Å². The van der Waals surface area contributed by atoms with Gasteiger partial charge in [0.25, 0.3) is 5.91 Å². The molecule has 0 aliphatic rings. The summed E-state index contributed by atoms with van der Waals surface area (Å²) in [5.74, 6) is -0.476. The van der Waals surface area contributed by atoms with E-state index in [0.29, 0.717) is 24.3 Å². The maximum atomic E-state index is 13.0. The van der Waals surface area contributed by atoms with E-state index < -0.39 is 0 Å². The zero-order valence-electron chi connectivity index (χ0n) is 14.9. The fourth-order valence-corrected chi connectivity index (χ4v) is 2.86. The SMILES string of the molecule is CC(=O)Nc1ccc(C(=O)N(Cc2ccccc2)CC(C)CO)c(Cl)c1. The van der Waals surface area contributed by atoms with Gasteiger partial charge in [0.1, 0.15) is 0 Å².